The summed E-state index contributed by atoms with van der Waals surface area (Å²) in [5, 5.41) is 17.3. The van der Waals surface area contributed by atoms with Gasteiger partial charge < -0.3 is 10.4 Å². The van der Waals surface area contributed by atoms with Crippen molar-refractivity contribution in [1.29, 1.82) is 0 Å². The lowest BCUT2D eigenvalue weighted by molar-refractivity contribution is 0.0947. The Morgan fingerprint density at radius 1 is 1.41 bits per heavy atom. The van der Waals surface area contributed by atoms with Crippen LogP contribution >= 0.6 is 0 Å². The lowest BCUT2D eigenvalue weighted by atomic mass is 9.93. The number of aliphatic hydroxyl groups is 1. The second-order valence-electron chi connectivity index (χ2n) is 5.67. The maximum atomic E-state index is 12.2. The van der Waals surface area contributed by atoms with Gasteiger partial charge in [-0.3, -0.25) is 9.48 Å². The van der Waals surface area contributed by atoms with E-state index in [1.807, 2.05) is 29.8 Å². The zero-order chi connectivity index (χ0) is 15.5. The molecule has 22 heavy (non-hydrogen) atoms. The Morgan fingerprint density at radius 3 is 2.91 bits per heavy atom. The predicted molar refractivity (Wildman–Crippen MR) is 83.8 cm³/mol. The van der Waals surface area contributed by atoms with Crippen molar-refractivity contribution in [2.24, 2.45) is 0 Å². The normalized spacial score (nSPS) is 17.1. The molecule has 5 nitrogen and oxygen atoms in total. The molecule has 0 saturated carbocycles. The number of carbonyl (C=O) groups is 1. The van der Waals surface area contributed by atoms with Crippen LogP contribution in [0.5, 0.6) is 0 Å². The molecule has 5 heteroatoms. The first-order valence-electron chi connectivity index (χ1n) is 7.77. The van der Waals surface area contributed by atoms with Crippen molar-refractivity contribution in [3.05, 3.63) is 52.8 Å². The van der Waals surface area contributed by atoms with Crippen molar-refractivity contribution in [3.8, 4) is 0 Å². The van der Waals surface area contributed by atoms with Crippen molar-refractivity contribution in [1.82, 2.24) is 15.1 Å². The van der Waals surface area contributed by atoms with Gasteiger partial charge in [0.05, 0.1) is 12.6 Å². The first-order chi connectivity index (χ1) is 10.7. The standard InChI is InChI=1S/C17H21N3O2/c1-2-18-17(22)16-14-10-13(21)8-9-15(14)20(19-16)11-12-6-4-3-5-7-12/h3-7,13,21H,2,8-11H2,1H3,(H,18,22). The fourth-order valence-electron chi connectivity index (χ4n) is 2.98. The molecule has 0 spiro atoms. The minimum absolute atomic E-state index is 0.153. The SMILES string of the molecule is CCNC(=O)c1nn(Cc2ccccc2)c2c1CC(O)CC2. The highest BCUT2D eigenvalue weighted by atomic mass is 16.3. The average Bonchev–Trinajstić information content (AvgIpc) is 2.86. The molecule has 1 atom stereocenters. The number of nitrogens with zero attached hydrogens (tertiary/aromatic N) is 2. The van der Waals surface area contributed by atoms with E-state index in [0.29, 0.717) is 25.2 Å². The highest BCUT2D eigenvalue weighted by Gasteiger charge is 2.28. The summed E-state index contributed by atoms with van der Waals surface area (Å²) in [6.45, 7) is 3.11. The molecule has 1 aliphatic carbocycles. The number of hydrogen-bond donors (Lipinski definition) is 2. The summed E-state index contributed by atoms with van der Waals surface area (Å²) in [7, 11) is 0. The topological polar surface area (TPSA) is 67.2 Å². The first kappa shape index (κ1) is 14.8. The summed E-state index contributed by atoms with van der Waals surface area (Å²) >= 11 is 0. The largest absolute Gasteiger partial charge is 0.393 e. The number of benzene rings is 1. The van der Waals surface area contributed by atoms with Gasteiger partial charge in [-0.05, 0) is 25.3 Å². The van der Waals surface area contributed by atoms with Crippen molar-refractivity contribution in [2.75, 3.05) is 6.54 Å². The summed E-state index contributed by atoms with van der Waals surface area (Å²) in [5.74, 6) is -0.153. The van der Waals surface area contributed by atoms with Crippen LogP contribution in [0.25, 0.3) is 0 Å². The average molecular weight is 299 g/mol. The van der Waals surface area contributed by atoms with Crippen LogP contribution in [0.1, 0.15) is 40.7 Å². The lowest BCUT2D eigenvalue weighted by Gasteiger charge is -2.19. The van der Waals surface area contributed by atoms with Crippen LogP contribution in [0.2, 0.25) is 0 Å². The second kappa shape index (κ2) is 6.32. The number of aliphatic hydroxyl groups excluding tert-OH is 1. The van der Waals surface area contributed by atoms with Gasteiger partial charge in [0.15, 0.2) is 5.69 Å². The third-order valence-electron chi connectivity index (χ3n) is 4.05. The summed E-state index contributed by atoms with van der Waals surface area (Å²) in [4.78, 5) is 12.2. The number of aromatic nitrogens is 2. The molecule has 0 aliphatic heterocycles. The summed E-state index contributed by atoms with van der Waals surface area (Å²) < 4.78 is 1.92. The summed E-state index contributed by atoms with van der Waals surface area (Å²) in [6, 6.07) is 10.1. The molecule has 0 radical (unpaired) electrons. The van der Waals surface area contributed by atoms with Gasteiger partial charge >= 0.3 is 0 Å². The Balaban J connectivity index is 1.96. The molecule has 1 amide bonds. The number of hydrogen-bond acceptors (Lipinski definition) is 3. The molecule has 1 aromatic carbocycles. The van der Waals surface area contributed by atoms with E-state index in [1.165, 1.54) is 0 Å². The van der Waals surface area contributed by atoms with Crippen LogP contribution in [0.4, 0.5) is 0 Å². The van der Waals surface area contributed by atoms with E-state index < -0.39 is 0 Å². The van der Waals surface area contributed by atoms with Crippen molar-refractivity contribution in [2.45, 2.75) is 38.8 Å². The Labute approximate surface area is 130 Å². The Bertz CT molecular complexity index is 664. The van der Waals surface area contributed by atoms with Crippen LogP contribution < -0.4 is 5.32 Å². The molecule has 0 fully saturated rings. The van der Waals surface area contributed by atoms with Gasteiger partial charge in [-0.15, -0.1) is 0 Å². The molecule has 2 aromatic rings. The Kier molecular flexibility index (Phi) is 4.24. The monoisotopic (exact) mass is 299 g/mol. The minimum Gasteiger partial charge on any atom is -0.393 e. The number of fused-ring (bicyclic) bond motifs is 1. The Hall–Kier alpha value is -2.14. The molecule has 1 aromatic heterocycles. The molecule has 1 aliphatic rings. The van der Waals surface area contributed by atoms with Gasteiger partial charge in [-0.25, -0.2) is 0 Å². The fraction of sp³-hybridized carbons (Fsp3) is 0.412. The fourth-order valence-corrected chi connectivity index (χ4v) is 2.98. The van der Waals surface area contributed by atoms with Crippen molar-refractivity contribution >= 4 is 5.91 Å². The highest BCUT2D eigenvalue weighted by molar-refractivity contribution is 5.94. The van der Waals surface area contributed by atoms with Crippen LogP contribution in [-0.2, 0) is 19.4 Å². The smallest absolute Gasteiger partial charge is 0.272 e. The van der Waals surface area contributed by atoms with Gasteiger partial charge in [0, 0.05) is 24.2 Å². The van der Waals surface area contributed by atoms with Crippen LogP contribution in [0.3, 0.4) is 0 Å². The van der Waals surface area contributed by atoms with Gasteiger partial charge in [-0.1, -0.05) is 30.3 Å². The van der Waals surface area contributed by atoms with E-state index in [9.17, 15) is 9.90 Å². The van der Waals surface area contributed by atoms with E-state index in [1.54, 1.807) is 0 Å². The maximum Gasteiger partial charge on any atom is 0.272 e. The molecule has 3 rings (SSSR count). The van der Waals surface area contributed by atoms with Crippen LogP contribution in [-0.4, -0.2) is 33.4 Å². The molecule has 2 N–H and O–H groups in total. The lowest BCUT2D eigenvalue weighted by Crippen LogP contribution is -2.26. The predicted octanol–water partition coefficient (Wildman–Crippen LogP) is 1.53. The Morgan fingerprint density at radius 2 is 2.18 bits per heavy atom. The first-order valence-corrected chi connectivity index (χ1v) is 7.77. The molecule has 1 heterocycles. The van der Waals surface area contributed by atoms with Crippen molar-refractivity contribution < 1.29 is 9.90 Å². The molecular weight excluding hydrogens is 278 g/mol. The number of amides is 1. The maximum absolute atomic E-state index is 12.2. The van der Waals surface area contributed by atoms with E-state index in [2.05, 4.69) is 22.5 Å². The summed E-state index contributed by atoms with van der Waals surface area (Å²) in [6.07, 6.45) is 1.62. The zero-order valence-electron chi connectivity index (χ0n) is 12.7. The molecule has 1 unspecified atom stereocenters. The van der Waals surface area contributed by atoms with Gasteiger partial charge in [0.25, 0.3) is 5.91 Å². The quantitative estimate of drug-likeness (QED) is 0.899. The highest BCUT2D eigenvalue weighted by Crippen LogP contribution is 2.25. The van der Waals surface area contributed by atoms with E-state index in [4.69, 9.17) is 0 Å². The number of rotatable bonds is 4. The van der Waals surface area contributed by atoms with Gasteiger partial charge in [-0.2, -0.15) is 5.10 Å². The van der Waals surface area contributed by atoms with Gasteiger partial charge in [0.2, 0.25) is 0 Å². The van der Waals surface area contributed by atoms with Gasteiger partial charge in [0.1, 0.15) is 0 Å². The van der Waals surface area contributed by atoms with Crippen LogP contribution in [0, 0.1) is 0 Å². The number of carbonyl (C=O) groups excluding carboxylic acids is 1. The van der Waals surface area contributed by atoms with E-state index >= 15 is 0 Å². The minimum atomic E-state index is -0.380. The molecule has 0 bridgehead atoms. The third-order valence-corrected chi connectivity index (χ3v) is 4.05. The molecule has 0 saturated heterocycles. The van der Waals surface area contributed by atoms with E-state index in [0.717, 1.165) is 29.7 Å². The molecular formula is C17H21N3O2. The second-order valence-corrected chi connectivity index (χ2v) is 5.67. The van der Waals surface area contributed by atoms with Crippen molar-refractivity contribution in [3.63, 3.8) is 0 Å². The van der Waals surface area contributed by atoms with Crippen LogP contribution in [0.15, 0.2) is 30.3 Å². The third kappa shape index (κ3) is 2.90. The number of nitrogens with one attached hydrogen (secondary N) is 1. The van der Waals surface area contributed by atoms with E-state index in [-0.39, 0.29) is 12.0 Å². The molecule has 116 valence electrons. The zero-order valence-corrected chi connectivity index (χ0v) is 12.7. The summed E-state index contributed by atoms with van der Waals surface area (Å²) in [5.41, 5.74) is 3.60.